The molecule has 11 heteroatoms. The van der Waals surface area contributed by atoms with Gasteiger partial charge in [-0.1, -0.05) is 0 Å². The Morgan fingerprint density at radius 1 is 1.12 bits per heavy atom. The number of hydrogen-bond donors (Lipinski definition) is 3. The van der Waals surface area contributed by atoms with Crippen molar-refractivity contribution < 1.29 is 22.7 Å². The molecule has 1 heterocycles. The van der Waals surface area contributed by atoms with Crippen LogP contribution in [-0.2, 0) is 14.8 Å². The normalized spacial score (nSPS) is 12.3. The van der Waals surface area contributed by atoms with Gasteiger partial charge in [-0.3, -0.25) is 20.4 Å². The van der Waals surface area contributed by atoms with Crippen LogP contribution in [-0.4, -0.2) is 33.4 Å². The van der Waals surface area contributed by atoms with E-state index in [1.54, 1.807) is 12.1 Å². The molecule has 0 saturated carbocycles. The van der Waals surface area contributed by atoms with E-state index < -0.39 is 27.9 Å². The van der Waals surface area contributed by atoms with Crippen molar-refractivity contribution in [1.82, 2.24) is 15.6 Å². The number of thiophene rings is 1. The molecule has 0 bridgehead atoms. The van der Waals surface area contributed by atoms with Gasteiger partial charge in [0.05, 0.1) is 26.7 Å². The van der Waals surface area contributed by atoms with Gasteiger partial charge in [0.15, 0.2) is 0 Å². The molecule has 140 valence electrons. The Kier molecular flexibility index (Phi) is 6.75. The van der Waals surface area contributed by atoms with Crippen LogP contribution in [0, 0.1) is 0 Å². The minimum Gasteiger partial charge on any atom is -0.497 e. The Morgan fingerprint density at radius 3 is 2.31 bits per heavy atom. The summed E-state index contributed by atoms with van der Waals surface area (Å²) in [6, 6.07) is 7.92. The van der Waals surface area contributed by atoms with Crippen LogP contribution < -0.4 is 20.3 Å². The summed E-state index contributed by atoms with van der Waals surface area (Å²) in [5, 5.41) is 0. The number of rotatable bonds is 6. The second-order valence-corrected chi connectivity index (χ2v) is 9.24. The first-order valence-electron chi connectivity index (χ1n) is 7.25. The highest BCUT2D eigenvalue weighted by molar-refractivity contribution is 9.11. The zero-order chi connectivity index (χ0) is 19.3. The number of methoxy groups -OCH3 is 1. The minimum absolute atomic E-state index is 0.00887. The second kappa shape index (κ2) is 8.62. The summed E-state index contributed by atoms with van der Waals surface area (Å²) in [6.07, 6.45) is 0. The number of carbonyl (C=O) groups is 2. The maximum absolute atomic E-state index is 12.3. The van der Waals surface area contributed by atoms with Gasteiger partial charge in [-0.25, -0.2) is 8.42 Å². The monoisotopic (exact) mass is 461 g/mol. The maximum Gasteiger partial charge on any atom is 0.279 e. The average molecular weight is 462 g/mol. The lowest BCUT2D eigenvalue weighted by molar-refractivity contribution is -0.123. The standard InChI is InChI=1S/C15H16BrN3O5S2/c1-9(14(20)17-18-15(21)12-7-8-13(16)25-12)19-26(22,23)11-5-3-10(24-2)4-6-11/h3-9,19H,1-2H3,(H,17,20)(H,18,21)/t9-/m0/s1. The Morgan fingerprint density at radius 2 is 1.77 bits per heavy atom. The number of hydrazine groups is 1. The van der Waals surface area contributed by atoms with Gasteiger partial charge in [0.25, 0.3) is 11.8 Å². The van der Waals surface area contributed by atoms with E-state index in [-0.39, 0.29) is 4.90 Å². The van der Waals surface area contributed by atoms with Crippen LogP contribution in [0.1, 0.15) is 16.6 Å². The number of nitrogens with one attached hydrogen (secondary N) is 3. The van der Waals surface area contributed by atoms with E-state index in [1.807, 2.05) is 0 Å². The lowest BCUT2D eigenvalue weighted by atomic mass is 10.3. The van der Waals surface area contributed by atoms with Crippen molar-refractivity contribution >= 4 is 49.1 Å². The van der Waals surface area contributed by atoms with Crippen molar-refractivity contribution in [3.05, 3.63) is 45.1 Å². The van der Waals surface area contributed by atoms with E-state index in [9.17, 15) is 18.0 Å². The predicted octanol–water partition coefficient (Wildman–Crippen LogP) is 1.65. The van der Waals surface area contributed by atoms with Crippen molar-refractivity contribution in [3.8, 4) is 5.75 Å². The van der Waals surface area contributed by atoms with Crippen molar-refractivity contribution in [3.63, 3.8) is 0 Å². The van der Waals surface area contributed by atoms with Gasteiger partial charge in [0.1, 0.15) is 5.75 Å². The molecule has 8 nitrogen and oxygen atoms in total. The highest BCUT2D eigenvalue weighted by Crippen LogP contribution is 2.21. The molecule has 0 unspecified atom stereocenters. The van der Waals surface area contributed by atoms with Crippen LogP contribution in [0.25, 0.3) is 0 Å². The predicted molar refractivity (Wildman–Crippen MR) is 100 cm³/mol. The Hall–Kier alpha value is -1.95. The second-order valence-electron chi connectivity index (χ2n) is 5.07. The fourth-order valence-electron chi connectivity index (χ4n) is 1.83. The SMILES string of the molecule is COc1ccc(S(=O)(=O)N[C@@H](C)C(=O)NNC(=O)c2ccc(Br)s2)cc1. The molecule has 0 spiro atoms. The molecule has 3 N–H and O–H groups in total. The number of benzene rings is 1. The molecule has 0 aliphatic carbocycles. The molecule has 0 saturated heterocycles. The summed E-state index contributed by atoms with van der Waals surface area (Å²) in [5.41, 5.74) is 4.42. The van der Waals surface area contributed by atoms with Gasteiger partial charge < -0.3 is 4.74 Å². The first-order valence-corrected chi connectivity index (χ1v) is 10.3. The zero-order valence-corrected chi connectivity index (χ0v) is 17.0. The molecule has 0 radical (unpaired) electrons. The molecular formula is C15H16BrN3O5S2. The number of amides is 2. The molecule has 2 aromatic rings. The number of halogens is 1. The van der Waals surface area contributed by atoms with Crippen LogP contribution in [0.2, 0.25) is 0 Å². The van der Waals surface area contributed by atoms with Gasteiger partial charge in [-0.2, -0.15) is 4.72 Å². The number of hydrogen-bond acceptors (Lipinski definition) is 6. The van der Waals surface area contributed by atoms with Gasteiger partial charge in [-0.15, -0.1) is 11.3 Å². The summed E-state index contributed by atoms with van der Waals surface area (Å²) in [4.78, 5) is 24.3. The number of ether oxygens (including phenoxy) is 1. The molecule has 2 amide bonds. The summed E-state index contributed by atoms with van der Waals surface area (Å²) in [7, 11) is -2.43. The van der Waals surface area contributed by atoms with Crippen molar-refractivity contribution in [2.75, 3.05) is 7.11 Å². The first kappa shape index (κ1) is 20.4. The van der Waals surface area contributed by atoms with Crippen molar-refractivity contribution in [1.29, 1.82) is 0 Å². The quantitative estimate of drug-likeness (QED) is 0.565. The molecular weight excluding hydrogens is 446 g/mol. The number of carbonyl (C=O) groups excluding carboxylic acids is 2. The molecule has 26 heavy (non-hydrogen) atoms. The third-order valence-corrected chi connectivity index (χ3v) is 6.37. The van der Waals surface area contributed by atoms with Gasteiger partial charge in [-0.05, 0) is 59.3 Å². The van der Waals surface area contributed by atoms with Gasteiger partial charge in [0, 0.05) is 0 Å². The van der Waals surface area contributed by atoms with Crippen molar-refractivity contribution in [2.24, 2.45) is 0 Å². The summed E-state index contributed by atoms with van der Waals surface area (Å²) >= 11 is 4.43. The highest BCUT2D eigenvalue weighted by Gasteiger charge is 2.22. The lowest BCUT2D eigenvalue weighted by Crippen LogP contribution is -2.50. The average Bonchev–Trinajstić information content (AvgIpc) is 3.05. The fraction of sp³-hybridized carbons (Fsp3) is 0.200. The number of sulfonamides is 1. The van der Waals surface area contributed by atoms with Crippen LogP contribution >= 0.6 is 27.3 Å². The van der Waals surface area contributed by atoms with Crippen LogP contribution in [0.4, 0.5) is 0 Å². The highest BCUT2D eigenvalue weighted by atomic mass is 79.9. The van der Waals surface area contributed by atoms with E-state index in [0.29, 0.717) is 10.6 Å². The van der Waals surface area contributed by atoms with Gasteiger partial charge in [0.2, 0.25) is 10.0 Å². The van der Waals surface area contributed by atoms with E-state index in [0.717, 1.165) is 3.79 Å². The Balaban J connectivity index is 1.93. The third kappa shape index (κ3) is 5.27. The lowest BCUT2D eigenvalue weighted by Gasteiger charge is -2.15. The molecule has 0 fully saturated rings. The molecule has 1 aromatic carbocycles. The fourth-order valence-corrected chi connectivity index (χ4v) is 4.32. The Labute approximate surface area is 163 Å². The third-order valence-electron chi connectivity index (χ3n) is 3.19. The molecule has 0 aliphatic heterocycles. The van der Waals surface area contributed by atoms with E-state index in [1.165, 1.54) is 49.6 Å². The Bertz CT molecular complexity index is 896. The summed E-state index contributed by atoms with van der Waals surface area (Å²) in [5.74, 6) is -0.692. The zero-order valence-electron chi connectivity index (χ0n) is 13.8. The molecule has 1 aromatic heterocycles. The molecule has 0 aliphatic rings. The van der Waals surface area contributed by atoms with E-state index >= 15 is 0 Å². The minimum atomic E-state index is -3.90. The van der Waals surface area contributed by atoms with Crippen LogP contribution in [0.15, 0.2) is 45.1 Å². The summed E-state index contributed by atoms with van der Waals surface area (Å²) in [6.45, 7) is 1.37. The topological polar surface area (TPSA) is 114 Å². The van der Waals surface area contributed by atoms with E-state index in [4.69, 9.17) is 4.74 Å². The summed E-state index contributed by atoms with van der Waals surface area (Å²) < 4.78 is 32.6. The van der Waals surface area contributed by atoms with Gasteiger partial charge >= 0.3 is 0 Å². The molecule has 2 rings (SSSR count). The smallest absolute Gasteiger partial charge is 0.279 e. The van der Waals surface area contributed by atoms with Crippen LogP contribution in [0.5, 0.6) is 5.75 Å². The van der Waals surface area contributed by atoms with Crippen molar-refractivity contribution in [2.45, 2.75) is 17.9 Å². The molecule has 1 atom stereocenters. The van der Waals surface area contributed by atoms with Crippen LogP contribution in [0.3, 0.4) is 0 Å². The maximum atomic E-state index is 12.3. The largest absolute Gasteiger partial charge is 0.497 e. The van der Waals surface area contributed by atoms with E-state index in [2.05, 4.69) is 31.5 Å². The first-order chi connectivity index (χ1) is 12.2.